The van der Waals surface area contributed by atoms with Crippen LogP contribution in [0.5, 0.6) is 0 Å². The summed E-state index contributed by atoms with van der Waals surface area (Å²) in [5.41, 5.74) is 3.57. The molecule has 0 aliphatic heterocycles. The van der Waals surface area contributed by atoms with E-state index < -0.39 is 0 Å². The first-order valence-corrected chi connectivity index (χ1v) is 6.90. The monoisotopic (exact) mass is 246 g/mol. The molecular formula is C14H18N2S. The lowest BCUT2D eigenvalue weighted by Gasteiger charge is -2.21. The molecule has 0 bridgehead atoms. The Morgan fingerprint density at radius 1 is 1.24 bits per heavy atom. The van der Waals surface area contributed by atoms with Gasteiger partial charge in [-0.05, 0) is 32.9 Å². The second kappa shape index (κ2) is 5.32. The Morgan fingerprint density at radius 2 is 2.00 bits per heavy atom. The molecule has 2 aromatic rings. The fourth-order valence-corrected chi connectivity index (χ4v) is 2.57. The second-order valence-electron chi connectivity index (χ2n) is 3.97. The molecule has 0 aliphatic carbocycles. The van der Waals surface area contributed by atoms with Crippen LogP contribution in [-0.4, -0.2) is 18.1 Å². The lowest BCUT2D eigenvalue weighted by atomic mass is 10.1. The molecule has 0 fully saturated rings. The number of benzene rings is 1. The van der Waals surface area contributed by atoms with Crippen LogP contribution in [0.4, 0.5) is 5.69 Å². The van der Waals surface area contributed by atoms with Gasteiger partial charge in [0.25, 0.3) is 0 Å². The van der Waals surface area contributed by atoms with E-state index >= 15 is 0 Å². The van der Waals surface area contributed by atoms with E-state index in [4.69, 9.17) is 0 Å². The van der Waals surface area contributed by atoms with E-state index in [9.17, 15) is 0 Å². The van der Waals surface area contributed by atoms with Crippen LogP contribution in [0.2, 0.25) is 0 Å². The summed E-state index contributed by atoms with van der Waals surface area (Å²) in [5, 5.41) is 3.24. The Morgan fingerprint density at radius 3 is 2.59 bits per heavy atom. The van der Waals surface area contributed by atoms with Crippen molar-refractivity contribution in [3.8, 4) is 11.3 Å². The molecule has 0 unspecified atom stereocenters. The van der Waals surface area contributed by atoms with Gasteiger partial charge in [0.1, 0.15) is 0 Å². The van der Waals surface area contributed by atoms with Crippen molar-refractivity contribution in [2.75, 3.05) is 18.0 Å². The Bertz CT molecular complexity index is 486. The third-order valence-electron chi connectivity index (χ3n) is 2.89. The topological polar surface area (TPSA) is 16.1 Å². The van der Waals surface area contributed by atoms with Crippen LogP contribution in [0.3, 0.4) is 0 Å². The summed E-state index contributed by atoms with van der Waals surface area (Å²) < 4.78 is 0. The van der Waals surface area contributed by atoms with Gasteiger partial charge in [0.05, 0.1) is 10.7 Å². The van der Waals surface area contributed by atoms with Gasteiger partial charge in [-0.1, -0.05) is 12.1 Å². The van der Waals surface area contributed by atoms with Gasteiger partial charge in [0.15, 0.2) is 0 Å². The van der Waals surface area contributed by atoms with Crippen LogP contribution in [0.1, 0.15) is 18.9 Å². The van der Waals surface area contributed by atoms with E-state index in [1.54, 1.807) is 11.3 Å². The highest BCUT2D eigenvalue weighted by Crippen LogP contribution is 2.25. The number of hydrogen-bond acceptors (Lipinski definition) is 3. The highest BCUT2D eigenvalue weighted by Gasteiger charge is 2.05. The molecule has 0 saturated heterocycles. The maximum absolute atomic E-state index is 4.53. The largest absolute Gasteiger partial charge is 0.372 e. The van der Waals surface area contributed by atoms with Gasteiger partial charge in [0, 0.05) is 29.7 Å². The number of hydrogen-bond donors (Lipinski definition) is 0. The summed E-state index contributed by atoms with van der Waals surface area (Å²) in [6, 6.07) is 8.62. The van der Waals surface area contributed by atoms with Crippen molar-refractivity contribution in [1.82, 2.24) is 4.98 Å². The molecule has 90 valence electrons. The number of nitrogens with zero attached hydrogens (tertiary/aromatic N) is 2. The van der Waals surface area contributed by atoms with E-state index in [0.717, 1.165) is 23.8 Å². The number of rotatable bonds is 4. The zero-order chi connectivity index (χ0) is 12.3. The van der Waals surface area contributed by atoms with Gasteiger partial charge in [-0.15, -0.1) is 11.3 Å². The highest BCUT2D eigenvalue weighted by atomic mass is 32.1. The molecule has 0 atom stereocenters. The van der Waals surface area contributed by atoms with Crippen LogP contribution < -0.4 is 4.90 Å². The molecule has 2 rings (SSSR count). The minimum absolute atomic E-state index is 1.04. The Hall–Kier alpha value is -1.35. The summed E-state index contributed by atoms with van der Waals surface area (Å²) in [7, 11) is 0. The maximum Gasteiger partial charge on any atom is 0.0901 e. The van der Waals surface area contributed by atoms with Gasteiger partial charge in [-0.2, -0.15) is 0 Å². The molecule has 1 aromatic carbocycles. The highest BCUT2D eigenvalue weighted by molar-refractivity contribution is 7.09. The molecule has 0 radical (unpaired) electrons. The summed E-state index contributed by atoms with van der Waals surface area (Å²) >= 11 is 1.70. The normalized spacial score (nSPS) is 10.5. The fraction of sp³-hybridized carbons (Fsp3) is 0.357. The van der Waals surface area contributed by atoms with Gasteiger partial charge >= 0.3 is 0 Å². The van der Waals surface area contributed by atoms with Crippen molar-refractivity contribution >= 4 is 17.0 Å². The van der Waals surface area contributed by atoms with E-state index in [1.807, 2.05) is 6.92 Å². The van der Waals surface area contributed by atoms with Gasteiger partial charge in [0.2, 0.25) is 0 Å². The summed E-state index contributed by atoms with van der Waals surface area (Å²) in [4.78, 5) is 6.88. The zero-order valence-electron chi connectivity index (χ0n) is 10.6. The second-order valence-corrected chi connectivity index (χ2v) is 5.04. The SMILES string of the molecule is CCN(CC)c1cccc(-c2csc(C)n2)c1. The average Bonchev–Trinajstić information content (AvgIpc) is 2.78. The van der Waals surface area contributed by atoms with Gasteiger partial charge in [-0.3, -0.25) is 0 Å². The molecule has 3 heteroatoms. The van der Waals surface area contributed by atoms with Crippen molar-refractivity contribution in [3.05, 3.63) is 34.7 Å². The number of aromatic nitrogens is 1. The average molecular weight is 246 g/mol. The van der Waals surface area contributed by atoms with Crippen molar-refractivity contribution < 1.29 is 0 Å². The van der Waals surface area contributed by atoms with Crippen molar-refractivity contribution in [2.24, 2.45) is 0 Å². The minimum Gasteiger partial charge on any atom is -0.372 e. The smallest absolute Gasteiger partial charge is 0.0901 e. The Balaban J connectivity index is 2.34. The van der Waals surface area contributed by atoms with E-state index in [1.165, 1.54) is 11.3 Å². The standard InChI is InChI=1S/C14H18N2S/c1-4-16(5-2)13-8-6-7-12(9-13)14-10-17-11(3)15-14/h6-10H,4-5H2,1-3H3. The molecule has 17 heavy (non-hydrogen) atoms. The van der Waals surface area contributed by atoms with Crippen LogP contribution >= 0.6 is 11.3 Å². The van der Waals surface area contributed by atoms with E-state index in [0.29, 0.717) is 0 Å². The Labute approximate surface area is 107 Å². The minimum atomic E-state index is 1.04. The first-order valence-electron chi connectivity index (χ1n) is 6.02. The third kappa shape index (κ3) is 2.67. The predicted octanol–water partition coefficient (Wildman–Crippen LogP) is 3.96. The molecular weight excluding hydrogens is 228 g/mol. The van der Waals surface area contributed by atoms with E-state index in [2.05, 4.69) is 53.4 Å². The van der Waals surface area contributed by atoms with Gasteiger partial charge in [-0.25, -0.2) is 4.98 Å². The molecule has 0 amide bonds. The van der Waals surface area contributed by atoms with Crippen molar-refractivity contribution in [2.45, 2.75) is 20.8 Å². The quantitative estimate of drug-likeness (QED) is 0.811. The molecule has 0 spiro atoms. The predicted molar refractivity (Wildman–Crippen MR) is 75.8 cm³/mol. The van der Waals surface area contributed by atoms with Crippen LogP contribution in [0, 0.1) is 6.92 Å². The molecule has 0 aliphatic rings. The first kappa shape index (κ1) is 12.1. The van der Waals surface area contributed by atoms with Crippen molar-refractivity contribution in [3.63, 3.8) is 0 Å². The molecule has 2 nitrogen and oxygen atoms in total. The number of aryl methyl sites for hydroxylation is 1. The molecule has 1 heterocycles. The summed E-state index contributed by atoms with van der Waals surface area (Å²) in [6.07, 6.45) is 0. The molecule has 0 saturated carbocycles. The maximum atomic E-state index is 4.53. The lowest BCUT2D eigenvalue weighted by Crippen LogP contribution is -2.21. The van der Waals surface area contributed by atoms with Crippen molar-refractivity contribution in [1.29, 1.82) is 0 Å². The summed E-state index contributed by atoms with van der Waals surface area (Å²) in [6.45, 7) is 8.49. The first-order chi connectivity index (χ1) is 8.24. The van der Waals surface area contributed by atoms with Gasteiger partial charge < -0.3 is 4.90 Å². The van der Waals surface area contributed by atoms with Crippen LogP contribution in [0.15, 0.2) is 29.6 Å². The van der Waals surface area contributed by atoms with E-state index in [-0.39, 0.29) is 0 Å². The zero-order valence-corrected chi connectivity index (χ0v) is 11.4. The number of anilines is 1. The fourth-order valence-electron chi connectivity index (χ4n) is 1.95. The number of thiazole rings is 1. The Kier molecular flexibility index (Phi) is 3.79. The van der Waals surface area contributed by atoms with Crippen LogP contribution in [0.25, 0.3) is 11.3 Å². The molecule has 1 aromatic heterocycles. The lowest BCUT2D eigenvalue weighted by molar-refractivity contribution is 0.866. The van der Waals surface area contributed by atoms with Crippen LogP contribution in [-0.2, 0) is 0 Å². The third-order valence-corrected chi connectivity index (χ3v) is 3.66. The summed E-state index contributed by atoms with van der Waals surface area (Å²) in [5.74, 6) is 0. The molecule has 0 N–H and O–H groups in total.